The number of amides is 1. The highest BCUT2D eigenvalue weighted by molar-refractivity contribution is 5.81. The van der Waals surface area contributed by atoms with Gasteiger partial charge in [-0.25, -0.2) is 9.67 Å². The summed E-state index contributed by atoms with van der Waals surface area (Å²) in [6.07, 6.45) is 5.33. The molecular weight excluding hydrogens is 354 g/mol. The Morgan fingerprint density at radius 2 is 2.07 bits per heavy atom. The van der Waals surface area contributed by atoms with Gasteiger partial charge in [0.1, 0.15) is 12.4 Å². The van der Waals surface area contributed by atoms with Gasteiger partial charge in [0.25, 0.3) is 5.56 Å². The van der Waals surface area contributed by atoms with Gasteiger partial charge in [-0.05, 0) is 37.8 Å². The minimum Gasteiger partial charge on any atom is -0.310 e. The molecule has 0 saturated heterocycles. The number of hydrogen-bond acceptors (Lipinski definition) is 5. The molecule has 0 aromatic carbocycles. The zero-order valence-corrected chi connectivity index (χ0v) is 17.2. The van der Waals surface area contributed by atoms with Crippen molar-refractivity contribution < 1.29 is 4.79 Å². The molecule has 3 rings (SSSR count). The lowest BCUT2D eigenvalue weighted by Gasteiger charge is -2.10. The molecule has 1 fully saturated rings. The molecule has 0 atom stereocenters. The lowest BCUT2D eigenvalue weighted by Crippen LogP contribution is -2.33. The summed E-state index contributed by atoms with van der Waals surface area (Å²) in [6, 6.07) is 3.71. The van der Waals surface area contributed by atoms with Gasteiger partial charge in [-0.1, -0.05) is 34.3 Å². The van der Waals surface area contributed by atoms with E-state index in [0.29, 0.717) is 23.2 Å². The Bertz CT molecular complexity index is 942. The predicted molar refractivity (Wildman–Crippen MR) is 113 cm³/mol. The molecule has 2 aromatic heterocycles. The molecule has 0 bridgehead atoms. The third-order valence-electron chi connectivity index (χ3n) is 4.23. The zero-order valence-electron chi connectivity index (χ0n) is 17.2. The van der Waals surface area contributed by atoms with Crippen LogP contribution in [0.5, 0.6) is 0 Å². The summed E-state index contributed by atoms with van der Waals surface area (Å²) < 4.78 is 1.19. The average molecular weight is 383 g/mol. The summed E-state index contributed by atoms with van der Waals surface area (Å²) in [5.74, 6) is 0.367. The smallest absolute Gasteiger partial charge is 0.276 e. The number of aromatic nitrogens is 3. The summed E-state index contributed by atoms with van der Waals surface area (Å²) in [6.45, 7) is 11.4. The van der Waals surface area contributed by atoms with Crippen LogP contribution in [-0.2, 0) is 17.8 Å². The van der Waals surface area contributed by atoms with E-state index in [0.717, 1.165) is 30.7 Å². The second-order valence-corrected chi connectivity index (χ2v) is 6.38. The van der Waals surface area contributed by atoms with Crippen LogP contribution in [0.1, 0.15) is 64.3 Å². The van der Waals surface area contributed by atoms with E-state index in [1.807, 2.05) is 33.8 Å². The molecule has 28 heavy (non-hydrogen) atoms. The van der Waals surface area contributed by atoms with Crippen LogP contribution in [0.15, 0.2) is 34.3 Å². The summed E-state index contributed by atoms with van der Waals surface area (Å²) >= 11 is 0. The first-order valence-electron chi connectivity index (χ1n) is 9.95. The number of fused-ring (bicyclic) bond motifs is 1. The Morgan fingerprint density at radius 1 is 1.36 bits per heavy atom. The number of nitrogens with zero attached hydrogens (tertiary/aromatic N) is 4. The van der Waals surface area contributed by atoms with Gasteiger partial charge in [0.2, 0.25) is 5.91 Å². The largest absolute Gasteiger partial charge is 0.310 e. The molecule has 1 N–H and O–H groups in total. The number of aliphatic imine (C=N–C) groups is 1. The third kappa shape index (κ3) is 5.12. The van der Waals surface area contributed by atoms with Crippen molar-refractivity contribution in [2.75, 3.05) is 0 Å². The standard InChI is InChI=1S/C19H23N5O2.C2H6/c1-4-10-20-12(3)21-17(25)11-24-19(26)14-8-9-16(13-6-7-13)22-18(14)15(5-2)23-24;1-2/h8-10,13H,3-7,11H2,1-2H3,(H,21,25);1-2H3/b20-10-;. The van der Waals surface area contributed by atoms with Crippen LogP contribution >= 0.6 is 0 Å². The first-order chi connectivity index (χ1) is 13.5. The van der Waals surface area contributed by atoms with Crippen molar-refractivity contribution in [3.8, 4) is 0 Å². The topological polar surface area (TPSA) is 89.2 Å². The molecule has 1 amide bonds. The quantitative estimate of drug-likeness (QED) is 0.743. The van der Waals surface area contributed by atoms with Crippen LogP contribution in [0.25, 0.3) is 10.9 Å². The van der Waals surface area contributed by atoms with Gasteiger partial charge in [-0.2, -0.15) is 5.10 Å². The number of pyridine rings is 1. The van der Waals surface area contributed by atoms with E-state index in [-0.39, 0.29) is 23.8 Å². The van der Waals surface area contributed by atoms with E-state index < -0.39 is 0 Å². The zero-order chi connectivity index (χ0) is 20.7. The summed E-state index contributed by atoms with van der Waals surface area (Å²) in [5, 5.41) is 7.42. The van der Waals surface area contributed by atoms with Gasteiger partial charge in [0, 0.05) is 17.8 Å². The van der Waals surface area contributed by atoms with E-state index in [1.54, 1.807) is 12.3 Å². The molecule has 2 aromatic rings. The van der Waals surface area contributed by atoms with Gasteiger partial charge >= 0.3 is 0 Å². The molecule has 150 valence electrons. The van der Waals surface area contributed by atoms with Crippen LogP contribution in [0.4, 0.5) is 0 Å². The first kappa shape index (κ1) is 21.5. The van der Waals surface area contributed by atoms with Crippen molar-refractivity contribution in [1.29, 1.82) is 0 Å². The lowest BCUT2D eigenvalue weighted by molar-refractivity contribution is -0.121. The predicted octanol–water partition coefficient (Wildman–Crippen LogP) is 3.33. The first-order valence-corrected chi connectivity index (χ1v) is 9.95. The maximum Gasteiger partial charge on any atom is 0.276 e. The average Bonchev–Trinajstić information content (AvgIpc) is 3.55. The normalized spacial score (nSPS) is 13.3. The van der Waals surface area contributed by atoms with Crippen LogP contribution in [0.3, 0.4) is 0 Å². The van der Waals surface area contributed by atoms with Crippen molar-refractivity contribution in [3.63, 3.8) is 0 Å². The molecule has 0 radical (unpaired) electrons. The maximum absolute atomic E-state index is 12.7. The number of carbonyl (C=O) groups is 1. The lowest BCUT2D eigenvalue weighted by atomic mass is 10.1. The molecule has 0 spiro atoms. The molecule has 1 saturated carbocycles. The minimum atomic E-state index is -0.387. The number of hydrogen-bond donors (Lipinski definition) is 1. The molecule has 1 aliphatic carbocycles. The fourth-order valence-electron chi connectivity index (χ4n) is 2.77. The Hall–Kier alpha value is -2.83. The van der Waals surface area contributed by atoms with Crippen molar-refractivity contribution >= 4 is 23.0 Å². The SMILES string of the molecule is C=C(/N=C\CC)NC(=O)Cn1nc(CC)c2nc(C3CC3)ccc2c1=O.CC. The third-order valence-corrected chi connectivity index (χ3v) is 4.23. The minimum absolute atomic E-state index is 0.188. The van der Waals surface area contributed by atoms with E-state index in [4.69, 9.17) is 0 Å². The Labute approximate surface area is 165 Å². The second-order valence-electron chi connectivity index (χ2n) is 6.38. The summed E-state index contributed by atoms with van der Waals surface area (Å²) in [7, 11) is 0. The number of rotatable bonds is 7. The van der Waals surface area contributed by atoms with Crippen molar-refractivity contribution in [3.05, 3.63) is 46.3 Å². The molecule has 7 nitrogen and oxygen atoms in total. The van der Waals surface area contributed by atoms with Crippen molar-refractivity contribution in [1.82, 2.24) is 20.1 Å². The molecule has 0 aliphatic heterocycles. The van der Waals surface area contributed by atoms with E-state index in [2.05, 4.69) is 27.0 Å². The Kier molecular flexibility index (Phi) is 7.61. The molecular formula is C21H29N5O2. The second kappa shape index (κ2) is 9.92. The van der Waals surface area contributed by atoms with E-state index >= 15 is 0 Å². The van der Waals surface area contributed by atoms with Crippen molar-refractivity contribution in [2.45, 2.75) is 65.8 Å². The number of carbonyl (C=O) groups excluding carboxylic acids is 1. The van der Waals surface area contributed by atoms with Crippen LogP contribution < -0.4 is 10.9 Å². The maximum atomic E-state index is 12.7. The van der Waals surface area contributed by atoms with Gasteiger partial charge in [-0.15, -0.1) is 0 Å². The molecule has 0 unspecified atom stereocenters. The Balaban J connectivity index is 0.00000136. The molecule has 1 aliphatic rings. The fraction of sp³-hybridized carbons (Fsp3) is 0.476. The van der Waals surface area contributed by atoms with Crippen LogP contribution in [-0.4, -0.2) is 26.9 Å². The van der Waals surface area contributed by atoms with Gasteiger partial charge in [-0.3, -0.25) is 14.6 Å². The monoisotopic (exact) mass is 383 g/mol. The number of aryl methyl sites for hydroxylation is 1. The fourth-order valence-corrected chi connectivity index (χ4v) is 2.77. The highest BCUT2D eigenvalue weighted by Crippen LogP contribution is 2.39. The van der Waals surface area contributed by atoms with Crippen LogP contribution in [0, 0.1) is 0 Å². The summed E-state index contributed by atoms with van der Waals surface area (Å²) in [5.41, 5.74) is 2.08. The molecule has 7 heteroatoms. The van der Waals surface area contributed by atoms with Gasteiger partial charge in [0.15, 0.2) is 0 Å². The van der Waals surface area contributed by atoms with Crippen molar-refractivity contribution in [2.24, 2.45) is 4.99 Å². The van der Waals surface area contributed by atoms with Gasteiger partial charge < -0.3 is 5.32 Å². The molecule has 2 heterocycles. The van der Waals surface area contributed by atoms with Gasteiger partial charge in [0.05, 0.1) is 16.6 Å². The van der Waals surface area contributed by atoms with Crippen LogP contribution in [0.2, 0.25) is 0 Å². The highest BCUT2D eigenvalue weighted by atomic mass is 16.2. The number of nitrogens with one attached hydrogen (secondary N) is 1. The Morgan fingerprint density at radius 3 is 2.68 bits per heavy atom. The summed E-state index contributed by atoms with van der Waals surface area (Å²) in [4.78, 5) is 33.5. The van der Waals surface area contributed by atoms with E-state index in [1.165, 1.54) is 4.68 Å². The van der Waals surface area contributed by atoms with E-state index in [9.17, 15) is 9.59 Å². The highest BCUT2D eigenvalue weighted by Gasteiger charge is 2.26.